The number of benzene rings is 1. The van der Waals surface area contributed by atoms with E-state index in [9.17, 15) is 9.18 Å². The quantitative estimate of drug-likeness (QED) is 0.905. The maximum Gasteiger partial charge on any atom is 0.323 e. The van der Waals surface area contributed by atoms with Gasteiger partial charge in [0.1, 0.15) is 24.0 Å². The summed E-state index contributed by atoms with van der Waals surface area (Å²) in [6.07, 6.45) is 3.85. The van der Waals surface area contributed by atoms with Crippen LogP contribution < -0.4 is 4.90 Å². The van der Waals surface area contributed by atoms with Crippen molar-refractivity contribution in [3.8, 4) is 6.07 Å². The monoisotopic (exact) mass is 262 g/mol. The molecule has 1 aliphatic carbocycles. The first-order valence-electron chi connectivity index (χ1n) is 6.30. The summed E-state index contributed by atoms with van der Waals surface area (Å²) in [4.78, 5) is 12.7. The predicted octanol–water partition coefficient (Wildman–Crippen LogP) is 2.53. The minimum absolute atomic E-state index is 0.0735. The molecule has 0 unspecified atom stereocenters. The molecule has 100 valence electrons. The Balaban J connectivity index is 2.40. The van der Waals surface area contributed by atoms with E-state index in [0.29, 0.717) is 5.69 Å². The zero-order valence-corrected chi connectivity index (χ0v) is 10.5. The van der Waals surface area contributed by atoms with Crippen molar-refractivity contribution in [1.82, 2.24) is 0 Å². The highest BCUT2D eigenvalue weighted by Gasteiger charge is 2.27. The van der Waals surface area contributed by atoms with Crippen LogP contribution in [0.15, 0.2) is 18.2 Å². The van der Waals surface area contributed by atoms with Crippen LogP contribution in [0.3, 0.4) is 0 Å². The number of carbonyl (C=O) groups is 1. The summed E-state index contributed by atoms with van der Waals surface area (Å²) in [5.74, 6) is -1.58. The number of hydrogen-bond acceptors (Lipinski definition) is 3. The van der Waals surface area contributed by atoms with Gasteiger partial charge in [-0.15, -0.1) is 0 Å². The molecular weight excluding hydrogens is 247 g/mol. The molecule has 1 N–H and O–H groups in total. The summed E-state index contributed by atoms with van der Waals surface area (Å²) in [7, 11) is 0. The molecule has 1 aromatic carbocycles. The number of carboxylic acids is 1. The van der Waals surface area contributed by atoms with Crippen LogP contribution in [-0.2, 0) is 4.79 Å². The highest BCUT2D eigenvalue weighted by Crippen LogP contribution is 2.31. The van der Waals surface area contributed by atoms with Crippen LogP contribution in [0, 0.1) is 17.1 Å². The van der Waals surface area contributed by atoms with Gasteiger partial charge in [-0.3, -0.25) is 4.79 Å². The first-order valence-corrected chi connectivity index (χ1v) is 6.30. The number of rotatable bonds is 4. The first-order chi connectivity index (χ1) is 9.13. The van der Waals surface area contributed by atoms with Gasteiger partial charge in [0.25, 0.3) is 0 Å². The van der Waals surface area contributed by atoms with Crippen LogP contribution in [0.1, 0.15) is 31.2 Å². The second kappa shape index (κ2) is 5.70. The van der Waals surface area contributed by atoms with Crippen LogP contribution in [0.2, 0.25) is 0 Å². The molecule has 19 heavy (non-hydrogen) atoms. The van der Waals surface area contributed by atoms with Crippen LogP contribution in [0.4, 0.5) is 10.1 Å². The van der Waals surface area contributed by atoms with Crippen molar-refractivity contribution in [3.05, 3.63) is 29.6 Å². The average Bonchev–Trinajstić information content (AvgIpc) is 2.89. The molecule has 1 fully saturated rings. The van der Waals surface area contributed by atoms with E-state index in [-0.39, 0.29) is 18.2 Å². The zero-order chi connectivity index (χ0) is 13.8. The van der Waals surface area contributed by atoms with Gasteiger partial charge in [0.2, 0.25) is 0 Å². The molecular formula is C14H15FN2O2. The maximum absolute atomic E-state index is 13.6. The largest absolute Gasteiger partial charge is 0.480 e. The summed E-state index contributed by atoms with van der Waals surface area (Å²) >= 11 is 0. The van der Waals surface area contributed by atoms with E-state index in [0.717, 1.165) is 25.7 Å². The van der Waals surface area contributed by atoms with E-state index < -0.39 is 11.8 Å². The molecule has 0 aliphatic heterocycles. The molecule has 4 nitrogen and oxygen atoms in total. The zero-order valence-electron chi connectivity index (χ0n) is 10.5. The third kappa shape index (κ3) is 2.84. The Labute approximate surface area is 111 Å². The molecule has 0 heterocycles. The van der Waals surface area contributed by atoms with Crippen molar-refractivity contribution in [2.24, 2.45) is 0 Å². The Morgan fingerprint density at radius 2 is 2.16 bits per heavy atom. The molecule has 0 saturated heterocycles. The Hall–Kier alpha value is -2.09. The Bertz CT molecular complexity index is 519. The predicted molar refractivity (Wildman–Crippen MR) is 68.4 cm³/mol. The molecule has 0 bridgehead atoms. The minimum Gasteiger partial charge on any atom is -0.480 e. The van der Waals surface area contributed by atoms with Crippen LogP contribution in [-0.4, -0.2) is 23.7 Å². The van der Waals surface area contributed by atoms with Gasteiger partial charge in [0.15, 0.2) is 0 Å². The molecule has 0 spiro atoms. The molecule has 1 aromatic rings. The number of carboxylic acid groups (broad SMARTS) is 1. The number of halogens is 1. The van der Waals surface area contributed by atoms with Gasteiger partial charge in [0, 0.05) is 6.04 Å². The molecule has 2 rings (SSSR count). The lowest BCUT2D eigenvalue weighted by molar-refractivity contribution is -0.135. The van der Waals surface area contributed by atoms with Crippen molar-refractivity contribution < 1.29 is 14.3 Å². The lowest BCUT2D eigenvalue weighted by Gasteiger charge is -2.30. The van der Waals surface area contributed by atoms with Gasteiger partial charge in [-0.25, -0.2) is 4.39 Å². The van der Waals surface area contributed by atoms with Crippen molar-refractivity contribution in [3.63, 3.8) is 0 Å². The number of aliphatic carboxylic acids is 1. The van der Waals surface area contributed by atoms with Gasteiger partial charge in [-0.2, -0.15) is 5.26 Å². The second-order valence-electron chi connectivity index (χ2n) is 4.71. The Morgan fingerprint density at radius 1 is 1.47 bits per heavy atom. The molecule has 0 radical (unpaired) electrons. The molecule has 0 amide bonds. The fourth-order valence-electron chi connectivity index (χ4n) is 2.64. The topological polar surface area (TPSA) is 64.3 Å². The smallest absolute Gasteiger partial charge is 0.323 e. The molecule has 0 atom stereocenters. The van der Waals surface area contributed by atoms with E-state index in [4.69, 9.17) is 10.4 Å². The SMILES string of the molecule is N#Cc1c(F)cccc1N(CC(=O)O)C1CCCC1. The fourth-order valence-corrected chi connectivity index (χ4v) is 2.64. The number of nitrogens with zero attached hydrogens (tertiary/aromatic N) is 2. The summed E-state index contributed by atoms with van der Waals surface area (Å²) in [5.41, 5.74) is 0.312. The third-order valence-electron chi connectivity index (χ3n) is 3.48. The van der Waals surface area contributed by atoms with E-state index in [2.05, 4.69) is 0 Å². The standard InChI is InChI=1S/C14H15FN2O2/c15-12-6-3-7-13(11(12)8-16)17(9-14(18)19)10-4-1-2-5-10/h3,6-7,10H,1-2,4-5,9H2,(H,18,19). The second-order valence-corrected chi connectivity index (χ2v) is 4.71. The van der Waals surface area contributed by atoms with Gasteiger partial charge in [-0.1, -0.05) is 18.9 Å². The van der Waals surface area contributed by atoms with Crippen LogP contribution in [0.25, 0.3) is 0 Å². The van der Waals surface area contributed by atoms with E-state index in [1.807, 2.05) is 6.07 Å². The van der Waals surface area contributed by atoms with Gasteiger partial charge in [0.05, 0.1) is 5.69 Å². The van der Waals surface area contributed by atoms with Gasteiger partial charge >= 0.3 is 5.97 Å². The average molecular weight is 262 g/mol. The fraction of sp³-hybridized carbons (Fsp3) is 0.429. The Morgan fingerprint density at radius 3 is 2.74 bits per heavy atom. The molecule has 1 aliphatic rings. The van der Waals surface area contributed by atoms with Crippen molar-refractivity contribution in [2.75, 3.05) is 11.4 Å². The lowest BCUT2D eigenvalue weighted by Crippen LogP contribution is -2.38. The third-order valence-corrected chi connectivity index (χ3v) is 3.48. The maximum atomic E-state index is 13.6. The summed E-state index contributed by atoms with van der Waals surface area (Å²) in [6, 6.07) is 6.25. The van der Waals surface area contributed by atoms with E-state index in [1.54, 1.807) is 11.0 Å². The Kier molecular flexibility index (Phi) is 4.00. The molecule has 5 heteroatoms. The number of nitriles is 1. The highest BCUT2D eigenvalue weighted by atomic mass is 19.1. The number of anilines is 1. The summed E-state index contributed by atoms with van der Waals surface area (Å²) in [5, 5.41) is 18.1. The lowest BCUT2D eigenvalue weighted by atomic mass is 10.1. The van der Waals surface area contributed by atoms with Crippen LogP contribution in [0.5, 0.6) is 0 Å². The van der Waals surface area contributed by atoms with Gasteiger partial charge in [-0.05, 0) is 25.0 Å². The van der Waals surface area contributed by atoms with E-state index >= 15 is 0 Å². The molecule has 0 aromatic heterocycles. The highest BCUT2D eigenvalue weighted by molar-refractivity contribution is 5.75. The number of hydrogen-bond donors (Lipinski definition) is 1. The summed E-state index contributed by atoms with van der Waals surface area (Å²) < 4.78 is 13.6. The van der Waals surface area contributed by atoms with Crippen molar-refractivity contribution in [2.45, 2.75) is 31.7 Å². The first kappa shape index (κ1) is 13.3. The van der Waals surface area contributed by atoms with E-state index in [1.165, 1.54) is 12.1 Å². The van der Waals surface area contributed by atoms with Crippen LogP contribution >= 0.6 is 0 Å². The van der Waals surface area contributed by atoms with Gasteiger partial charge < -0.3 is 10.0 Å². The normalized spacial score (nSPS) is 15.2. The minimum atomic E-state index is -0.972. The molecule has 1 saturated carbocycles. The van der Waals surface area contributed by atoms with Crippen molar-refractivity contribution >= 4 is 11.7 Å². The van der Waals surface area contributed by atoms with Crippen molar-refractivity contribution in [1.29, 1.82) is 5.26 Å². The summed E-state index contributed by atoms with van der Waals surface area (Å²) in [6.45, 7) is -0.206.